The summed E-state index contributed by atoms with van der Waals surface area (Å²) in [5, 5.41) is 4.35. The Morgan fingerprint density at radius 1 is 1.12 bits per heavy atom. The molecule has 2 aromatic carbocycles. The van der Waals surface area contributed by atoms with Crippen molar-refractivity contribution in [1.82, 2.24) is 19.1 Å². The molecule has 0 aliphatic carbocycles. The lowest BCUT2D eigenvalue weighted by Crippen LogP contribution is -2.36. The third-order valence-electron chi connectivity index (χ3n) is 5.79. The van der Waals surface area contributed by atoms with Crippen molar-refractivity contribution in [1.29, 1.82) is 0 Å². The standard InChI is InChI=1S/C23H26FN5O3S/c1-4-27(5-2)33(31,32)20-12-13-21-17(15-20)7-6-14-28(21)23(30)22-25-16(3)29(26-22)19-10-8-18(24)9-11-19/h8-13,15H,4-7,14H2,1-3H3. The van der Waals surface area contributed by atoms with Crippen molar-refractivity contribution in [3.63, 3.8) is 0 Å². The molecule has 1 amide bonds. The molecule has 174 valence electrons. The molecule has 1 aliphatic heterocycles. The molecular formula is C23H26FN5O3S. The number of halogens is 1. The summed E-state index contributed by atoms with van der Waals surface area (Å²) in [6.45, 7) is 6.60. The van der Waals surface area contributed by atoms with Gasteiger partial charge in [0.05, 0.1) is 10.6 Å². The van der Waals surface area contributed by atoms with Gasteiger partial charge in [-0.25, -0.2) is 22.5 Å². The average Bonchev–Trinajstić information content (AvgIpc) is 3.20. The first-order valence-electron chi connectivity index (χ1n) is 10.9. The highest BCUT2D eigenvalue weighted by molar-refractivity contribution is 7.89. The third-order valence-corrected chi connectivity index (χ3v) is 7.84. The summed E-state index contributed by atoms with van der Waals surface area (Å²) in [7, 11) is -3.59. The number of aryl methyl sites for hydroxylation is 2. The second-order valence-corrected chi connectivity index (χ2v) is 9.75. The van der Waals surface area contributed by atoms with Gasteiger partial charge in [0.1, 0.15) is 11.6 Å². The first kappa shape index (κ1) is 23.1. The van der Waals surface area contributed by atoms with Crippen molar-refractivity contribution in [2.75, 3.05) is 24.5 Å². The van der Waals surface area contributed by atoms with E-state index in [1.807, 2.05) is 0 Å². The van der Waals surface area contributed by atoms with Gasteiger partial charge in [-0.2, -0.15) is 4.31 Å². The molecule has 1 aliphatic rings. The number of carbonyl (C=O) groups excluding carboxylic acids is 1. The smallest absolute Gasteiger partial charge is 0.297 e. The number of nitrogens with zero attached hydrogens (tertiary/aromatic N) is 5. The lowest BCUT2D eigenvalue weighted by Gasteiger charge is -2.29. The molecule has 2 heterocycles. The molecule has 3 aromatic rings. The summed E-state index contributed by atoms with van der Waals surface area (Å²) < 4.78 is 42.0. The molecule has 4 rings (SSSR count). The first-order chi connectivity index (χ1) is 15.8. The van der Waals surface area contributed by atoms with Crippen molar-refractivity contribution in [2.24, 2.45) is 0 Å². The molecule has 1 aromatic heterocycles. The largest absolute Gasteiger partial charge is 0.305 e. The minimum absolute atomic E-state index is 0.0320. The molecule has 0 N–H and O–H groups in total. The SMILES string of the molecule is CCN(CC)S(=O)(=O)c1ccc2c(c1)CCCN2C(=O)c1nc(C)n(-c2ccc(F)cc2)n1. The number of sulfonamides is 1. The molecule has 0 bridgehead atoms. The highest BCUT2D eigenvalue weighted by atomic mass is 32.2. The average molecular weight is 472 g/mol. The maximum atomic E-state index is 13.3. The lowest BCUT2D eigenvalue weighted by molar-refractivity contribution is 0.0975. The van der Waals surface area contributed by atoms with E-state index in [1.165, 1.54) is 21.1 Å². The highest BCUT2D eigenvalue weighted by Gasteiger charge is 2.29. The van der Waals surface area contributed by atoms with Crippen LogP contribution in [0.15, 0.2) is 47.4 Å². The van der Waals surface area contributed by atoms with Crippen LogP contribution in [0.2, 0.25) is 0 Å². The van der Waals surface area contributed by atoms with E-state index >= 15 is 0 Å². The zero-order valence-corrected chi connectivity index (χ0v) is 19.6. The number of carbonyl (C=O) groups is 1. The first-order valence-corrected chi connectivity index (χ1v) is 12.3. The Bertz CT molecular complexity index is 1280. The Balaban J connectivity index is 1.65. The van der Waals surface area contributed by atoms with Gasteiger partial charge in [0.15, 0.2) is 0 Å². The van der Waals surface area contributed by atoms with E-state index in [4.69, 9.17) is 0 Å². The Morgan fingerprint density at radius 2 is 1.82 bits per heavy atom. The van der Waals surface area contributed by atoms with Crippen LogP contribution in [0.5, 0.6) is 0 Å². The van der Waals surface area contributed by atoms with Gasteiger partial charge in [-0.05, 0) is 67.8 Å². The fourth-order valence-electron chi connectivity index (χ4n) is 4.09. The highest BCUT2D eigenvalue weighted by Crippen LogP contribution is 2.31. The fraction of sp³-hybridized carbons (Fsp3) is 0.348. The summed E-state index contributed by atoms with van der Waals surface area (Å²) in [5.41, 5.74) is 2.07. The van der Waals surface area contributed by atoms with E-state index in [0.717, 1.165) is 5.56 Å². The molecule has 0 spiro atoms. The number of benzene rings is 2. The maximum absolute atomic E-state index is 13.3. The molecule has 8 nitrogen and oxygen atoms in total. The number of fused-ring (bicyclic) bond motifs is 1. The van der Waals surface area contributed by atoms with Crippen molar-refractivity contribution >= 4 is 21.6 Å². The second kappa shape index (κ2) is 9.03. The van der Waals surface area contributed by atoms with Gasteiger partial charge >= 0.3 is 0 Å². The van der Waals surface area contributed by atoms with E-state index in [2.05, 4.69) is 10.1 Å². The zero-order valence-electron chi connectivity index (χ0n) is 18.8. The number of aromatic nitrogens is 3. The van der Waals surface area contributed by atoms with Gasteiger partial charge in [-0.3, -0.25) is 4.79 Å². The molecule has 33 heavy (non-hydrogen) atoms. The van der Waals surface area contributed by atoms with Crippen LogP contribution in [0, 0.1) is 12.7 Å². The number of hydrogen-bond acceptors (Lipinski definition) is 5. The Morgan fingerprint density at radius 3 is 2.48 bits per heavy atom. The number of hydrogen-bond donors (Lipinski definition) is 0. The van der Waals surface area contributed by atoms with Gasteiger partial charge in [-0.15, -0.1) is 5.10 Å². The van der Waals surface area contributed by atoms with Crippen molar-refractivity contribution < 1.29 is 17.6 Å². The van der Waals surface area contributed by atoms with Gasteiger partial charge in [-0.1, -0.05) is 13.8 Å². The molecule has 0 fully saturated rings. The predicted molar refractivity (Wildman–Crippen MR) is 123 cm³/mol. The normalized spacial score (nSPS) is 13.9. The topological polar surface area (TPSA) is 88.4 Å². The van der Waals surface area contributed by atoms with Gasteiger partial charge in [0, 0.05) is 25.3 Å². The molecule has 0 saturated heterocycles. The molecule has 0 saturated carbocycles. The summed E-state index contributed by atoms with van der Waals surface area (Å²) in [5.74, 6) is -0.188. The van der Waals surface area contributed by atoms with Crippen LogP contribution in [-0.4, -0.2) is 53.0 Å². The van der Waals surface area contributed by atoms with Gasteiger partial charge in [0.25, 0.3) is 5.91 Å². The summed E-state index contributed by atoms with van der Waals surface area (Å²) in [4.78, 5) is 19.4. The van der Waals surface area contributed by atoms with Crippen molar-refractivity contribution in [3.8, 4) is 5.69 Å². The summed E-state index contributed by atoms with van der Waals surface area (Å²) in [6.07, 6.45) is 1.38. The Labute approximate surface area is 192 Å². The van der Waals surface area contributed by atoms with Crippen LogP contribution in [0.25, 0.3) is 5.69 Å². The minimum atomic E-state index is -3.59. The van der Waals surface area contributed by atoms with E-state index in [1.54, 1.807) is 56.0 Å². The monoisotopic (exact) mass is 471 g/mol. The van der Waals surface area contributed by atoms with Crippen LogP contribution >= 0.6 is 0 Å². The quantitative estimate of drug-likeness (QED) is 0.550. The second-order valence-electron chi connectivity index (χ2n) is 7.81. The van der Waals surface area contributed by atoms with Crippen molar-refractivity contribution in [3.05, 3.63) is 65.5 Å². The van der Waals surface area contributed by atoms with Crippen LogP contribution < -0.4 is 4.90 Å². The Kier molecular flexibility index (Phi) is 6.31. The minimum Gasteiger partial charge on any atom is -0.305 e. The summed E-state index contributed by atoms with van der Waals surface area (Å²) >= 11 is 0. The van der Waals surface area contributed by atoms with Crippen LogP contribution in [0.4, 0.5) is 10.1 Å². The van der Waals surface area contributed by atoms with Crippen LogP contribution in [0.1, 0.15) is 42.3 Å². The van der Waals surface area contributed by atoms with E-state index in [9.17, 15) is 17.6 Å². The van der Waals surface area contributed by atoms with Crippen LogP contribution in [-0.2, 0) is 16.4 Å². The van der Waals surface area contributed by atoms with E-state index < -0.39 is 10.0 Å². The molecular weight excluding hydrogens is 445 g/mol. The molecule has 0 radical (unpaired) electrons. The number of anilines is 1. The van der Waals surface area contributed by atoms with Crippen molar-refractivity contribution in [2.45, 2.75) is 38.5 Å². The van der Waals surface area contributed by atoms with Gasteiger partial charge in [0.2, 0.25) is 15.8 Å². The number of amides is 1. The molecule has 0 atom stereocenters. The Hall–Kier alpha value is -3.11. The molecule has 0 unspecified atom stereocenters. The van der Waals surface area contributed by atoms with Gasteiger partial charge < -0.3 is 4.90 Å². The van der Waals surface area contributed by atoms with E-state index in [-0.39, 0.29) is 22.4 Å². The zero-order chi connectivity index (χ0) is 23.8. The summed E-state index contributed by atoms with van der Waals surface area (Å²) in [6, 6.07) is 10.7. The lowest BCUT2D eigenvalue weighted by atomic mass is 10.0. The molecule has 10 heteroatoms. The third kappa shape index (κ3) is 4.28. The predicted octanol–water partition coefficient (Wildman–Crippen LogP) is 3.34. The number of rotatable bonds is 6. The maximum Gasteiger partial charge on any atom is 0.297 e. The van der Waals surface area contributed by atoms with E-state index in [0.29, 0.717) is 49.7 Å². The fourth-order valence-corrected chi connectivity index (χ4v) is 5.59. The van der Waals surface area contributed by atoms with Crippen LogP contribution in [0.3, 0.4) is 0 Å².